The smallest absolute Gasteiger partial charge is 0.247 e. The van der Waals surface area contributed by atoms with Crippen LogP contribution in [0.5, 0.6) is 0 Å². The van der Waals surface area contributed by atoms with E-state index in [9.17, 15) is 4.79 Å². The molecule has 1 atom stereocenters. The summed E-state index contributed by atoms with van der Waals surface area (Å²) in [6.45, 7) is 1.79. The first-order valence-electron chi connectivity index (χ1n) is 7.41. The number of amides is 1. The zero-order valence-corrected chi connectivity index (χ0v) is 11.5. The minimum Gasteiger partial charge on any atom is -0.365 e. The molecule has 0 radical (unpaired) electrons. The average Bonchev–Trinajstić information content (AvgIpc) is 2.35. The molecule has 4 aliphatic rings. The molecule has 4 saturated carbocycles. The van der Waals surface area contributed by atoms with Crippen molar-refractivity contribution in [2.24, 2.45) is 17.8 Å². The minimum absolute atomic E-state index is 0.0258. The van der Waals surface area contributed by atoms with Gasteiger partial charge in [0.25, 0.3) is 0 Å². The summed E-state index contributed by atoms with van der Waals surface area (Å²) in [5.41, 5.74) is -0.0258. The second kappa shape index (κ2) is 4.79. The van der Waals surface area contributed by atoms with Gasteiger partial charge < -0.3 is 10.1 Å². The van der Waals surface area contributed by atoms with Crippen LogP contribution in [0.15, 0.2) is 0 Å². The molecule has 19 heavy (non-hydrogen) atoms. The molecule has 0 aromatic carbocycles. The third kappa shape index (κ3) is 2.62. The molecule has 1 unspecified atom stereocenters. The highest BCUT2D eigenvalue weighted by atomic mass is 16.5. The van der Waals surface area contributed by atoms with Crippen molar-refractivity contribution >= 4 is 5.91 Å². The lowest BCUT2D eigenvalue weighted by Crippen LogP contribution is -2.53. The lowest BCUT2D eigenvalue weighted by Gasteiger charge is -2.56. The highest BCUT2D eigenvalue weighted by Gasteiger charge is 2.51. The summed E-state index contributed by atoms with van der Waals surface area (Å²) in [5.74, 6) is 2.32. The van der Waals surface area contributed by atoms with Crippen molar-refractivity contribution in [1.29, 1.82) is 5.26 Å². The van der Waals surface area contributed by atoms with Gasteiger partial charge in [0.05, 0.1) is 11.7 Å². The van der Waals surface area contributed by atoms with Gasteiger partial charge in [-0.15, -0.1) is 0 Å². The molecular formula is C15H22N2O2. The number of ether oxygens (including phenoxy) is 1. The van der Waals surface area contributed by atoms with E-state index < -0.39 is 6.04 Å². The van der Waals surface area contributed by atoms with Crippen molar-refractivity contribution < 1.29 is 9.53 Å². The number of nitrogens with zero attached hydrogens (tertiary/aromatic N) is 1. The van der Waals surface area contributed by atoms with Crippen LogP contribution in [0.25, 0.3) is 0 Å². The number of carbonyl (C=O) groups excluding carboxylic acids is 1. The molecule has 1 amide bonds. The first-order chi connectivity index (χ1) is 9.08. The largest absolute Gasteiger partial charge is 0.365 e. The Hall–Kier alpha value is -1.08. The van der Waals surface area contributed by atoms with Gasteiger partial charge >= 0.3 is 0 Å². The maximum Gasteiger partial charge on any atom is 0.247 e. The SMILES string of the molecule is CC(C#N)NC(=O)COC12CC3CC(CC(C3)C1)C2. The molecule has 1 N–H and O–H groups in total. The Labute approximate surface area is 114 Å². The highest BCUT2D eigenvalue weighted by Crippen LogP contribution is 2.57. The Morgan fingerprint density at radius 1 is 1.32 bits per heavy atom. The summed E-state index contributed by atoms with van der Waals surface area (Å²) in [6, 6.07) is 1.56. The lowest BCUT2D eigenvalue weighted by atomic mass is 9.54. The molecule has 104 valence electrons. The van der Waals surface area contributed by atoms with E-state index in [-0.39, 0.29) is 18.1 Å². The maximum atomic E-state index is 11.7. The first kappa shape index (κ1) is 12.9. The van der Waals surface area contributed by atoms with E-state index in [2.05, 4.69) is 5.32 Å². The first-order valence-corrected chi connectivity index (χ1v) is 7.41. The van der Waals surface area contributed by atoms with Gasteiger partial charge in [0.2, 0.25) is 5.91 Å². The number of nitrogens with one attached hydrogen (secondary N) is 1. The Kier molecular flexibility index (Phi) is 3.26. The molecule has 4 bridgehead atoms. The lowest BCUT2D eigenvalue weighted by molar-refractivity contribution is -0.170. The van der Waals surface area contributed by atoms with Gasteiger partial charge in [0, 0.05) is 0 Å². The zero-order chi connectivity index (χ0) is 13.5. The number of hydrogen-bond acceptors (Lipinski definition) is 3. The van der Waals surface area contributed by atoms with Crippen LogP contribution in [0, 0.1) is 29.1 Å². The van der Waals surface area contributed by atoms with Crippen LogP contribution in [0.3, 0.4) is 0 Å². The predicted molar refractivity (Wildman–Crippen MR) is 70.1 cm³/mol. The van der Waals surface area contributed by atoms with Crippen LogP contribution in [0.4, 0.5) is 0 Å². The van der Waals surface area contributed by atoms with E-state index in [4.69, 9.17) is 10.00 Å². The van der Waals surface area contributed by atoms with Gasteiger partial charge in [-0.25, -0.2) is 0 Å². The standard InChI is InChI=1S/C15H22N2O2/c1-10(8-16)17-14(18)9-19-15-5-11-2-12(6-15)4-13(3-11)7-15/h10-13H,2-7,9H2,1H3,(H,17,18). The van der Waals surface area contributed by atoms with Gasteiger partial charge in [0.1, 0.15) is 12.6 Å². The summed E-state index contributed by atoms with van der Waals surface area (Å²) in [7, 11) is 0. The van der Waals surface area contributed by atoms with Gasteiger partial charge in [-0.05, 0) is 63.2 Å². The quantitative estimate of drug-likeness (QED) is 0.843. The average molecular weight is 262 g/mol. The number of nitriles is 1. The summed E-state index contributed by atoms with van der Waals surface area (Å²) < 4.78 is 6.03. The molecule has 0 heterocycles. The third-order valence-corrected chi connectivity index (χ3v) is 5.06. The molecule has 4 aliphatic carbocycles. The molecule has 0 aliphatic heterocycles. The van der Waals surface area contributed by atoms with Crippen LogP contribution in [0.1, 0.15) is 45.4 Å². The van der Waals surface area contributed by atoms with Crippen molar-refractivity contribution in [1.82, 2.24) is 5.32 Å². The van der Waals surface area contributed by atoms with Gasteiger partial charge in [-0.2, -0.15) is 5.26 Å². The number of hydrogen-bond donors (Lipinski definition) is 1. The Balaban J connectivity index is 1.55. The fourth-order valence-electron chi connectivity index (χ4n) is 4.74. The van der Waals surface area contributed by atoms with Crippen LogP contribution in [-0.2, 0) is 9.53 Å². The molecule has 0 aromatic rings. The van der Waals surface area contributed by atoms with E-state index in [1.54, 1.807) is 6.92 Å². The minimum atomic E-state index is -0.438. The van der Waals surface area contributed by atoms with Crippen molar-refractivity contribution in [3.63, 3.8) is 0 Å². The zero-order valence-electron chi connectivity index (χ0n) is 11.5. The van der Waals surface area contributed by atoms with E-state index >= 15 is 0 Å². The monoisotopic (exact) mass is 262 g/mol. The highest BCUT2D eigenvalue weighted by molar-refractivity contribution is 5.77. The molecule has 0 aromatic heterocycles. The van der Waals surface area contributed by atoms with Gasteiger partial charge in [0.15, 0.2) is 0 Å². The van der Waals surface area contributed by atoms with Crippen molar-refractivity contribution in [2.75, 3.05) is 6.61 Å². The predicted octanol–water partition coefficient (Wildman–Crippen LogP) is 2.00. The normalized spacial score (nSPS) is 40.7. The van der Waals surface area contributed by atoms with Crippen LogP contribution in [-0.4, -0.2) is 24.2 Å². The molecule has 4 heteroatoms. The second-order valence-corrected chi connectivity index (χ2v) is 6.81. The van der Waals surface area contributed by atoms with E-state index in [0.717, 1.165) is 37.0 Å². The van der Waals surface area contributed by atoms with Crippen molar-refractivity contribution in [2.45, 2.75) is 57.1 Å². The van der Waals surface area contributed by atoms with Crippen LogP contribution < -0.4 is 5.32 Å². The Morgan fingerprint density at radius 3 is 2.32 bits per heavy atom. The van der Waals surface area contributed by atoms with E-state index in [1.807, 2.05) is 6.07 Å². The summed E-state index contributed by atoms with van der Waals surface area (Å²) in [5, 5.41) is 11.3. The van der Waals surface area contributed by atoms with Crippen molar-refractivity contribution in [3.8, 4) is 6.07 Å². The Bertz CT molecular complexity index is 378. The summed E-state index contributed by atoms with van der Waals surface area (Å²) in [4.78, 5) is 11.7. The van der Waals surface area contributed by atoms with Gasteiger partial charge in [-0.3, -0.25) is 4.79 Å². The molecule has 4 rings (SSSR count). The van der Waals surface area contributed by atoms with Gasteiger partial charge in [-0.1, -0.05) is 0 Å². The maximum absolute atomic E-state index is 11.7. The van der Waals surface area contributed by atoms with E-state index in [0.29, 0.717) is 0 Å². The molecule has 4 nitrogen and oxygen atoms in total. The van der Waals surface area contributed by atoms with E-state index in [1.165, 1.54) is 19.3 Å². The van der Waals surface area contributed by atoms with Crippen LogP contribution >= 0.6 is 0 Å². The fraction of sp³-hybridized carbons (Fsp3) is 0.867. The fourth-order valence-corrected chi connectivity index (χ4v) is 4.74. The summed E-state index contributed by atoms with van der Waals surface area (Å²) in [6.07, 6.45) is 7.54. The molecular weight excluding hydrogens is 240 g/mol. The van der Waals surface area contributed by atoms with Crippen LogP contribution in [0.2, 0.25) is 0 Å². The van der Waals surface area contributed by atoms with Crippen molar-refractivity contribution in [3.05, 3.63) is 0 Å². The topological polar surface area (TPSA) is 62.1 Å². The molecule has 4 fully saturated rings. The number of carbonyl (C=O) groups is 1. The molecule has 0 spiro atoms. The summed E-state index contributed by atoms with van der Waals surface area (Å²) >= 11 is 0. The number of rotatable bonds is 4. The Morgan fingerprint density at radius 2 is 1.84 bits per heavy atom. The third-order valence-electron chi connectivity index (χ3n) is 5.06. The second-order valence-electron chi connectivity index (χ2n) is 6.81. The molecule has 0 saturated heterocycles.